The van der Waals surface area contributed by atoms with Crippen molar-refractivity contribution in [1.29, 1.82) is 0 Å². The van der Waals surface area contributed by atoms with Crippen molar-refractivity contribution in [2.75, 3.05) is 11.9 Å². The molecule has 1 heterocycles. The predicted octanol–water partition coefficient (Wildman–Crippen LogP) is 3.57. The topological polar surface area (TPSA) is 21.3 Å². The fourth-order valence-electron chi connectivity index (χ4n) is 1.89. The van der Waals surface area contributed by atoms with E-state index in [9.17, 15) is 4.39 Å². The molecule has 2 atom stereocenters. The van der Waals surface area contributed by atoms with E-state index >= 15 is 0 Å². The normalized spacial score (nSPS) is 24.7. The van der Waals surface area contributed by atoms with Gasteiger partial charge in [0.1, 0.15) is 5.82 Å². The Morgan fingerprint density at radius 1 is 1.50 bits per heavy atom. The van der Waals surface area contributed by atoms with Crippen molar-refractivity contribution in [2.45, 2.75) is 32.0 Å². The standard InChI is InChI=1S/C12H15BrFNO/c1-8-2-4-10(16-8)7-15-12-5-3-9(13)6-11(12)14/h3,5-6,8,10,15H,2,4,7H2,1H3. The van der Waals surface area contributed by atoms with Crippen LogP contribution in [0.25, 0.3) is 0 Å². The van der Waals surface area contributed by atoms with E-state index in [1.807, 2.05) is 6.07 Å². The third-order valence-electron chi connectivity index (χ3n) is 2.77. The van der Waals surface area contributed by atoms with E-state index in [4.69, 9.17) is 4.74 Å². The highest BCUT2D eigenvalue weighted by Gasteiger charge is 2.21. The Morgan fingerprint density at radius 2 is 2.31 bits per heavy atom. The molecule has 1 aromatic rings. The molecule has 0 radical (unpaired) electrons. The van der Waals surface area contributed by atoms with Gasteiger partial charge in [0, 0.05) is 11.0 Å². The molecule has 1 aromatic carbocycles. The SMILES string of the molecule is CC1CCC(CNc2ccc(Br)cc2F)O1. The monoisotopic (exact) mass is 287 g/mol. The van der Waals surface area contributed by atoms with Crippen LogP contribution in [0.4, 0.5) is 10.1 Å². The molecule has 2 unspecified atom stereocenters. The van der Waals surface area contributed by atoms with Gasteiger partial charge in [-0.25, -0.2) is 4.39 Å². The van der Waals surface area contributed by atoms with E-state index in [1.165, 1.54) is 6.07 Å². The molecule has 1 aliphatic heterocycles. The fraction of sp³-hybridized carbons (Fsp3) is 0.500. The zero-order chi connectivity index (χ0) is 11.5. The Labute approximate surface area is 103 Å². The summed E-state index contributed by atoms with van der Waals surface area (Å²) in [7, 11) is 0. The third-order valence-corrected chi connectivity index (χ3v) is 3.26. The average molecular weight is 288 g/mol. The van der Waals surface area contributed by atoms with Crippen LogP contribution in [0.1, 0.15) is 19.8 Å². The zero-order valence-electron chi connectivity index (χ0n) is 9.17. The first-order valence-electron chi connectivity index (χ1n) is 5.49. The number of rotatable bonds is 3. The minimum Gasteiger partial charge on any atom is -0.380 e. The molecule has 1 saturated heterocycles. The van der Waals surface area contributed by atoms with Gasteiger partial charge in [-0.15, -0.1) is 0 Å². The van der Waals surface area contributed by atoms with Crippen LogP contribution in [0, 0.1) is 5.82 Å². The molecule has 1 aliphatic rings. The molecule has 88 valence electrons. The summed E-state index contributed by atoms with van der Waals surface area (Å²) in [6, 6.07) is 5.02. The van der Waals surface area contributed by atoms with E-state index in [-0.39, 0.29) is 11.9 Å². The Bertz CT molecular complexity index is 372. The minimum absolute atomic E-state index is 0.207. The van der Waals surface area contributed by atoms with Gasteiger partial charge in [-0.05, 0) is 38.0 Å². The number of hydrogen-bond donors (Lipinski definition) is 1. The van der Waals surface area contributed by atoms with Crippen LogP contribution in [0.3, 0.4) is 0 Å². The van der Waals surface area contributed by atoms with Crippen LogP contribution >= 0.6 is 15.9 Å². The van der Waals surface area contributed by atoms with E-state index in [0.29, 0.717) is 18.3 Å². The number of hydrogen-bond acceptors (Lipinski definition) is 2. The van der Waals surface area contributed by atoms with Crippen LogP contribution in [0.2, 0.25) is 0 Å². The molecule has 0 bridgehead atoms. The molecule has 0 saturated carbocycles. The van der Waals surface area contributed by atoms with E-state index in [2.05, 4.69) is 28.2 Å². The first-order chi connectivity index (χ1) is 7.65. The number of anilines is 1. The van der Waals surface area contributed by atoms with Gasteiger partial charge < -0.3 is 10.1 Å². The van der Waals surface area contributed by atoms with E-state index < -0.39 is 0 Å². The molecule has 2 rings (SSSR count). The minimum atomic E-state index is -0.236. The first kappa shape index (κ1) is 11.9. The van der Waals surface area contributed by atoms with Gasteiger partial charge in [0.2, 0.25) is 0 Å². The summed E-state index contributed by atoms with van der Waals surface area (Å²) in [5.74, 6) is -0.236. The summed E-state index contributed by atoms with van der Waals surface area (Å²) >= 11 is 3.23. The highest BCUT2D eigenvalue weighted by molar-refractivity contribution is 9.10. The lowest BCUT2D eigenvalue weighted by Gasteiger charge is -2.13. The van der Waals surface area contributed by atoms with Crippen molar-refractivity contribution in [3.63, 3.8) is 0 Å². The smallest absolute Gasteiger partial charge is 0.147 e. The summed E-state index contributed by atoms with van der Waals surface area (Å²) < 4.78 is 19.9. The van der Waals surface area contributed by atoms with E-state index in [1.54, 1.807) is 6.07 Å². The van der Waals surface area contributed by atoms with Crippen LogP contribution < -0.4 is 5.32 Å². The maximum Gasteiger partial charge on any atom is 0.147 e. The molecule has 0 spiro atoms. The molecule has 0 amide bonds. The summed E-state index contributed by atoms with van der Waals surface area (Å²) in [5.41, 5.74) is 0.534. The fourth-order valence-corrected chi connectivity index (χ4v) is 2.23. The maximum atomic E-state index is 13.5. The molecule has 1 fully saturated rings. The largest absolute Gasteiger partial charge is 0.380 e. The molecule has 4 heteroatoms. The quantitative estimate of drug-likeness (QED) is 0.918. The molecule has 1 N–H and O–H groups in total. The second-order valence-electron chi connectivity index (χ2n) is 4.15. The van der Waals surface area contributed by atoms with Crippen molar-refractivity contribution >= 4 is 21.6 Å². The van der Waals surface area contributed by atoms with Crippen molar-refractivity contribution < 1.29 is 9.13 Å². The molecular formula is C12H15BrFNO. The second kappa shape index (κ2) is 5.15. The van der Waals surface area contributed by atoms with E-state index in [0.717, 1.165) is 17.3 Å². The van der Waals surface area contributed by atoms with Crippen molar-refractivity contribution in [3.8, 4) is 0 Å². The van der Waals surface area contributed by atoms with Crippen LogP contribution in [0.15, 0.2) is 22.7 Å². The summed E-state index contributed by atoms with van der Waals surface area (Å²) in [5, 5.41) is 3.08. The second-order valence-corrected chi connectivity index (χ2v) is 5.07. The van der Waals surface area contributed by atoms with Gasteiger partial charge >= 0.3 is 0 Å². The highest BCUT2D eigenvalue weighted by atomic mass is 79.9. The van der Waals surface area contributed by atoms with Crippen LogP contribution in [-0.4, -0.2) is 18.8 Å². The average Bonchev–Trinajstić information content (AvgIpc) is 2.63. The number of nitrogens with one attached hydrogen (secondary N) is 1. The van der Waals surface area contributed by atoms with Gasteiger partial charge in [0.25, 0.3) is 0 Å². The lowest BCUT2D eigenvalue weighted by atomic mass is 10.2. The van der Waals surface area contributed by atoms with Crippen LogP contribution in [0.5, 0.6) is 0 Å². The van der Waals surface area contributed by atoms with Gasteiger partial charge in [-0.1, -0.05) is 15.9 Å². The van der Waals surface area contributed by atoms with Gasteiger partial charge in [0.15, 0.2) is 0 Å². The van der Waals surface area contributed by atoms with Gasteiger partial charge in [-0.3, -0.25) is 0 Å². The molecule has 0 aliphatic carbocycles. The predicted molar refractivity (Wildman–Crippen MR) is 66.2 cm³/mol. The molecular weight excluding hydrogens is 273 g/mol. The lowest BCUT2D eigenvalue weighted by molar-refractivity contribution is 0.0636. The molecule has 2 nitrogen and oxygen atoms in total. The lowest BCUT2D eigenvalue weighted by Crippen LogP contribution is -2.20. The molecule has 0 aromatic heterocycles. The Kier molecular flexibility index (Phi) is 3.82. The Morgan fingerprint density at radius 3 is 2.94 bits per heavy atom. The maximum absolute atomic E-state index is 13.5. The van der Waals surface area contributed by atoms with Crippen molar-refractivity contribution in [3.05, 3.63) is 28.5 Å². The Balaban J connectivity index is 1.89. The van der Waals surface area contributed by atoms with Crippen molar-refractivity contribution in [1.82, 2.24) is 0 Å². The summed E-state index contributed by atoms with van der Waals surface area (Å²) in [6.45, 7) is 2.74. The number of benzene rings is 1. The number of halogens is 2. The van der Waals surface area contributed by atoms with Gasteiger partial charge in [0.05, 0.1) is 17.9 Å². The molecule has 16 heavy (non-hydrogen) atoms. The van der Waals surface area contributed by atoms with Gasteiger partial charge in [-0.2, -0.15) is 0 Å². The number of ether oxygens (including phenoxy) is 1. The van der Waals surface area contributed by atoms with Crippen molar-refractivity contribution in [2.24, 2.45) is 0 Å². The van der Waals surface area contributed by atoms with Crippen LogP contribution in [-0.2, 0) is 4.74 Å². The summed E-state index contributed by atoms with van der Waals surface area (Å²) in [6.07, 6.45) is 2.68. The highest BCUT2D eigenvalue weighted by Crippen LogP contribution is 2.22. The zero-order valence-corrected chi connectivity index (χ0v) is 10.8. The summed E-state index contributed by atoms with van der Waals surface area (Å²) in [4.78, 5) is 0. The first-order valence-corrected chi connectivity index (χ1v) is 6.29. The third kappa shape index (κ3) is 2.95. The Hall–Kier alpha value is -0.610.